The molecule has 0 atom stereocenters. The molecule has 3 aromatic carbocycles. The highest BCUT2D eigenvalue weighted by Gasteiger charge is 2.17. The molecule has 0 bridgehead atoms. The number of nitrogens with zero attached hydrogens (tertiary/aromatic N) is 1. The van der Waals surface area contributed by atoms with Crippen LogP contribution in [-0.2, 0) is 17.6 Å². The van der Waals surface area contributed by atoms with Crippen molar-refractivity contribution in [2.75, 3.05) is 5.75 Å². The molecule has 2 aliphatic rings. The lowest BCUT2D eigenvalue weighted by Crippen LogP contribution is -2.18. The third-order valence-electron chi connectivity index (χ3n) is 4.93. The van der Waals surface area contributed by atoms with E-state index in [-0.39, 0.29) is 21.8 Å². The highest BCUT2D eigenvalue weighted by molar-refractivity contribution is 8.14. The van der Waals surface area contributed by atoms with Gasteiger partial charge in [0.1, 0.15) is 11.5 Å². The van der Waals surface area contributed by atoms with Crippen LogP contribution in [0.15, 0.2) is 54.6 Å². The monoisotopic (exact) mass is 422 g/mol. The number of amides is 2. The van der Waals surface area contributed by atoms with E-state index in [9.17, 15) is 19.7 Å². The number of thioether (sulfide) groups is 1. The zero-order valence-electron chi connectivity index (χ0n) is 15.9. The summed E-state index contributed by atoms with van der Waals surface area (Å²) in [7, 11) is 0. The molecule has 0 spiro atoms. The number of benzene rings is 3. The second kappa shape index (κ2) is 8.54. The summed E-state index contributed by atoms with van der Waals surface area (Å²) in [6.07, 6.45) is 3.42. The Morgan fingerprint density at radius 2 is 1.73 bits per heavy atom. The summed E-state index contributed by atoms with van der Waals surface area (Å²) in [4.78, 5) is 31.0. The van der Waals surface area contributed by atoms with Crippen molar-refractivity contribution in [2.24, 2.45) is 0 Å². The number of nitro benzene ring substituents is 1. The maximum Gasteiger partial charge on any atom is 0.286 e. The fraction of sp³-hybridized carbons (Fsp3) is 0.182. The van der Waals surface area contributed by atoms with Gasteiger partial charge < -0.3 is 4.74 Å². The van der Waals surface area contributed by atoms with E-state index in [2.05, 4.69) is 17.4 Å². The first-order chi connectivity index (χ1) is 14.5. The summed E-state index contributed by atoms with van der Waals surface area (Å²) in [5.41, 5.74) is 2.83. The van der Waals surface area contributed by atoms with Gasteiger partial charge in [0.2, 0.25) is 5.91 Å². The quantitative estimate of drug-likeness (QED) is 0.471. The fourth-order valence-electron chi connectivity index (χ4n) is 3.56. The van der Waals surface area contributed by atoms with E-state index in [1.54, 1.807) is 18.2 Å². The Bertz CT molecular complexity index is 1150. The average molecular weight is 422 g/mol. The molecule has 2 amide bonds. The third-order valence-corrected chi connectivity index (χ3v) is 5.70. The van der Waals surface area contributed by atoms with Crippen LogP contribution in [0.2, 0.25) is 0 Å². The van der Waals surface area contributed by atoms with E-state index >= 15 is 0 Å². The Morgan fingerprint density at radius 1 is 0.967 bits per heavy atom. The Labute approximate surface area is 176 Å². The molecule has 1 N–H and O–H groups in total. The second-order valence-electron chi connectivity index (χ2n) is 6.90. The largest absolute Gasteiger partial charge is 0.457 e. The van der Waals surface area contributed by atoms with E-state index in [4.69, 9.17) is 4.74 Å². The van der Waals surface area contributed by atoms with Gasteiger partial charge in [-0.3, -0.25) is 25.0 Å². The zero-order chi connectivity index (χ0) is 21.1. The number of nitrogens with one attached hydrogen (secondary N) is 1. The molecule has 1 fully saturated rings. The van der Waals surface area contributed by atoms with Crippen molar-refractivity contribution in [3.63, 3.8) is 0 Å². The predicted octanol–water partition coefficient (Wildman–Crippen LogP) is 5.00. The number of non-ortho nitro benzene ring substituents is 1. The predicted molar refractivity (Wildman–Crippen MR) is 115 cm³/mol. The molecule has 5 rings (SSSR count). The average Bonchev–Trinajstić information content (AvgIpc) is 3.36. The van der Waals surface area contributed by atoms with Crippen molar-refractivity contribution >= 4 is 39.4 Å². The molecule has 152 valence electrons. The Morgan fingerprint density at radius 3 is 2.40 bits per heavy atom. The number of carbonyl (C=O) groups is 2. The lowest BCUT2D eigenvalue weighted by molar-refractivity contribution is -0.383. The van der Waals surface area contributed by atoms with Crippen LogP contribution in [0.3, 0.4) is 0 Å². The molecular weight excluding hydrogens is 404 g/mol. The summed E-state index contributed by atoms with van der Waals surface area (Å²) < 4.78 is 6.03. The van der Waals surface area contributed by atoms with Gasteiger partial charge in [0.15, 0.2) is 0 Å². The van der Waals surface area contributed by atoms with Gasteiger partial charge in [0.25, 0.3) is 10.9 Å². The van der Waals surface area contributed by atoms with Crippen LogP contribution < -0.4 is 10.1 Å². The number of hydrogen-bond donors (Lipinski definition) is 1. The number of rotatable bonds is 3. The minimum Gasteiger partial charge on any atom is -0.457 e. The first-order valence-corrected chi connectivity index (χ1v) is 10.4. The molecule has 1 aliphatic carbocycles. The molecule has 7 nitrogen and oxygen atoms in total. The second-order valence-corrected chi connectivity index (χ2v) is 7.84. The van der Waals surface area contributed by atoms with E-state index in [1.165, 1.54) is 23.6 Å². The van der Waals surface area contributed by atoms with Gasteiger partial charge in [0.05, 0.1) is 16.1 Å². The summed E-state index contributed by atoms with van der Waals surface area (Å²) in [5.74, 6) is 1.53. The van der Waals surface area contributed by atoms with Crippen molar-refractivity contribution in [1.29, 1.82) is 0 Å². The number of fused-ring (bicyclic) bond motifs is 2. The highest BCUT2D eigenvalue weighted by Crippen LogP contribution is 2.36. The summed E-state index contributed by atoms with van der Waals surface area (Å²) in [6, 6.07) is 16.6. The highest BCUT2D eigenvalue weighted by atomic mass is 32.2. The minimum absolute atomic E-state index is 0.0990. The van der Waals surface area contributed by atoms with Crippen LogP contribution in [-0.4, -0.2) is 21.8 Å². The molecule has 1 heterocycles. The number of nitro groups is 1. The van der Waals surface area contributed by atoms with Crippen molar-refractivity contribution in [2.45, 2.75) is 19.3 Å². The third kappa shape index (κ3) is 4.28. The van der Waals surface area contributed by atoms with Crippen LogP contribution in [0.25, 0.3) is 10.8 Å². The molecule has 1 saturated heterocycles. The summed E-state index contributed by atoms with van der Waals surface area (Å²) >= 11 is 1.01. The lowest BCUT2D eigenvalue weighted by atomic mass is 10.1. The van der Waals surface area contributed by atoms with Crippen LogP contribution in [0.1, 0.15) is 17.5 Å². The number of hydrogen-bond acceptors (Lipinski definition) is 6. The number of carbonyl (C=O) groups excluding carboxylic acids is 2. The Kier molecular flexibility index (Phi) is 5.67. The van der Waals surface area contributed by atoms with Crippen LogP contribution in [0, 0.1) is 10.1 Å². The molecule has 0 saturated carbocycles. The van der Waals surface area contributed by atoms with Gasteiger partial charge in [0, 0.05) is 11.5 Å². The van der Waals surface area contributed by atoms with Crippen LogP contribution >= 0.6 is 11.8 Å². The van der Waals surface area contributed by atoms with Gasteiger partial charge in [-0.1, -0.05) is 36.0 Å². The topological polar surface area (TPSA) is 98.5 Å². The van der Waals surface area contributed by atoms with Crippen molar-refractivity contribution in [3.8, 4) is 11.5 Å². The minimum atomic E-state index is -0.360. The van der Waals surface area contributed by atoms with Crippen LogP contribution in [0.5, 0.6) is 11.5 Å². The van der Waals surface area contributed by atoms with E-state index in [0.29, 0.717) is 16.9 Å². The Balaban J connectivity index is 0.000000265. The molecule has 3 aromatic rings. The molecule has 0 aromatic heterocycles. The van der Waals surface area contributed by atoms with E-state index < -0.39 is 0 Å². The SMILES string of the molecule is O=C1CSC(=O)N1.O=[N+]([O-])c1ccc(Oc2ccc3c(c2)CCC3)c2ccccc12. The summed E-state index contributed by atoms with van der Waals surface area (Å²) in [6.45, 7) is 0. The van der Waals surface area contributed by atoms with Gasteiger partial charge in [-0.25, -0.2) is 0 Å². The van der Waals surface area contributed by atoms with E-state index in [1.807, 2.05) is 18.2 Å². The number of aryl methyl sites for hydroxylation is 2. The lowest BCUT2D eigenvalue weighted by Gasteiger charge is -2.10. The molecule has 1 aliphatic heterocycles. The van der Waals surface area contributed by atoms with Gasteiger partial charge in [-0.2, -0.15) is 0 Å². The first kappa shape index (κ1) is 19.9. The van der Waals surface area contributed by atoms with Crippen molar-refractivity contribution in [3.05, 3.63) is 75.8 Å². The van der Waals surface area contributed by atoms with Gasteiger partial charge in [-0.15, -0.1) is 0 Å². The van der Waals surface area contributed by atoms with E-state index in [0.717, 1.165) is 35.7 Å². The van der Waals surface area contributed by atoms with Crippen LogP contribution in [0.4, 0.5) is 10.5 Å². The molecule has 8 heteroatoms. The zero-order valence-corrected chi connectivity index (χ0v) is 16.7. The fourth-order valence-corrected chi connectivity index (χ4v) is 4.08. The van der Waals surface area contributed by atoms with Gasteiger partial charge >= 0.3 is 0 Å². The first-order valence-electron chi connectivity index (χ1n) is 9.43. The van der Waals surface area contributed by atoms with Crippen molar-refractivity contribution in [1.82, 2.24) is 5.32 Å². The number of ether oxygens (including phenoxy) is 1. The number of imide groups is 1. The smallest absolute Gasteiger partial charge is 0.286 e. The Hall–Kier alpha value is -3.39. The summed E-state index contributed by atoms with van der Waals surface area (Å²) in [5, 5.41) is 14.4. The van der Waals surface area contributed by atoms with Gasteiger partial charge in [-0.05, 0) is 54.7 Å². The molecule has 0 radical (unpaired) electrons. The standard InChI is InChI=1S/C19H15NO3.C3H3NO2S/c21-20(22)18-10-11-19(17-7-2-1-6-16(17)18)23-15-9-8-13-4-3-5-14(13)12-15;5-2-1-7-3(6)4-2/h1-2,6-12H,3-5H2;1H2,(H,4,5,6). The van der Waals surface area contributed by atoms with Crippen molar-refractivity contribution < 1.29 is 19.2 Å². The molecule has 0 unspecified atom stereocenters. The molecule has 30 heavy (non-hydrogen) atoms. The molecular formula is C22H18N2O5S. The maximum absolute atomic E-state index is 11.2. The normalized spacial score (nSPS) is 14.7. The maximum atomic E-state index is 11.2.